The Balaban J connectivity index is 1.62. The first kappa shape index (κ1) is 16.9. The van der Waals surface area contributed by atoms with Crippen LogP contribution < -0.4 is 10.2 Å². The van der Waals surface area contributed by atoms with Crippen molar-refractivity contribution in [2.75, 3.05) is 0 Å². The Kier molecular flexibility index (Phi) is 4.84. The van der Waals surface area contributed by atoms with Gasteiger partial charge in [-0.15, -0.1) is 0 Å². The van der Waals surface area contributed by atoms with Crippen molar-refractivity contribution in [3.05, 3.63) is 119 Å². The maximum Gasteiger partial charge on any atom is 0.223 e. The van der Waals surface area contributed by atoms with E-state index in [1.807, 2.05) is 65.2 Å². The molecule has 0 radical (unpaired) electrons. The zero-order valence-corrected chi connectivity index (χ0v) is 14.8. The highest BCUT2D eigenvalue weighted by Crippen LogP contribution is 2.22. The van der Waals surface area contributed by atoms with Crippen molar-refractivity contribution in [2.45, 2.75) is 6.61 Å². The van der Waals surface area contributed by atoms with Crippen LogP contribution in [0.25, 0.3) is 16.8 Å². The summed E-state index contributed by atoms with van der Waals surface area (Å²) in [6.07, 6.45) is 3.51. The van der Waals surface area contributed by atoms with Gasteiger partial charge in [-0.3, -0.25) is 4.79 Å². The SMILES string of the molecule is O=c1ccn(-c2cccc(-c3ccccc3)c2)cc1OCc1ccccc1. The molecule has 27 heavy (non-hydrogen) atoms. The molecule has 0 fully saturated rings. The van der Waals surface area contributed by atoms with Crippen LogP contribution in [0.2, 0.25) is 0 Å². The smallest absolute Gasteiger partial charge is 0.223 e. The van der Waals surface area contributed by atoms with E-state index < -0.39 is 0 Å². The lowest BCUT2D eigenvalue weighted by molar-refractivity contribution is 0.301. The summed E-state index contributed by atoms with van der Waals surface area (Å²) in [4.78, 5) is 12.2. The summed E-state index contributed by atoms with van der Waals surface area (Å²) in [7, 11) is 0. The zero-order valence-electron chi connectivity index (χ0n) is 14.8. The largest absolute Gasteiger partial charge is 0.483 e. The third kappa shape index (κ3) is 3.98. The molecule has 0 atom stereocenters. The first-order valence-corrected chi connectivity index (χ1v) is 8.84. The Morgan fingerprint density at radius 1 is 0.741 bits per heavy atom. The predicted octanol–water partition coefficient (Wildman–Crippen LogP) is 5.08. The van der Waals surface area contributed by atoms with E-state index in [2.05, 4.69) is 24.3 Å². The number of hydrogen-bond acceptors (Lipinski definition) is 2. The summed E-state index contributed by atoms with van der Waals surface area (Å²) in [5.41, 5.74) is 4.15. The summed E-state index contributed by atoms with van der Waals surface area (Å²) >= 11 is 0. The quantitative estimate of drug-likeness (QED) is 0.501. The van der Waals surface area contributed by atoms with Crippen LogP contribution in [0.15, 0.2) is 108 Å². The minimum absolute atomic E-state index is 0.124. The van der Waals surface area contributed by atoms with Crippen molar-refractivity contribution in [1.29, 1.82) is 0 Å². The average molecular weight is 353 g/mol. The molecule has 0 saturated heterocycles. The van der Waals surface area contributed by atoms with Crippen molar-refractivity contribution in [3.63, 3.8) is 0 Å². The molecule has 0 unspecified atom stereocenters. The minimum Gasteiger partial charge on any atom is -0.483 e. The number of nitrogens with zero attached hydrogens (tertiary/aromatic N) is 1. The van der Waals surface area contributed by atoms with Gasteiger partial charge < -0.3 is 9.30 Å². The number of pyridine rings is 1. The third-order valence-corrected chi connectivity index (χ3v) is 4.37. The number of ether oxygens (including phenoxy) is 1. The first-order chi connectivity index (χ1) is 13.3. The van der Waals surface area contributed by atoms with Crippen LogP contribution in [0.4, 0.5) is 0 Å². The van der Waals surface area contributed by atoms with Crippen molar-refractivity contribution in [3.8, 4) is 22.6 Å². The van der Waals surface area contributed by atoms with Gasteiger partial charge in [0.05, 0.1) is 6.20 Å². The Morgan fingerprint density at radius 2 is 1.44 bits per heavy atom. The number of hydrogen-bond donors (Lipinski definition) is 0. The molecule has 0 aliphatic carbocycles. The topological polar surface area (TPSA) is 31.2 Å². The molecule has 4 aromatic rings. The molecule has 1 heterocycles. The summed E-state index contributed by atoms with van der Waals surface area (Å²) in [6.45, 7) is 0.365. The lowest BCUT2D eigenvalue weighted by atomic mass is 10.1. The monoisotopic (exact) mass is 353 g/mol. The summed E-state index contributed by atoms with van der Waals surface area (Å²) in [6, 6.07) is 29.8. The van der Waals surface area contributed by atoms with Crippen LogP contribution in [0.5, 0.6) is 5.75 Å². The van der Waals surface area contributed by atoms with Crippen LogP contribution in [-0.4, -0.2) is 4.57 Å². The van der Waals surface area contributed by atoms with Gasteiger partial charge in [0.2, 0.25) is 5.43 Å². The van der Waals surface area contributed by atoms with Crippen molar-refractivity contribution < 1.29 is 4.74 Å². The Morgan fingerprint density at radius 3 is 2.22 bits per heavy atom. The number of benzene rings is 3. The van der Waals surface area contributed by atoms with E-state index in [0.29, 0.717) is 12.4 Å². The van der Waals surface area contributed by atoms with E-state index in [0.717, 1.165) is 22.4 Å². The predicted molar refractivity (Wildman–Crippen MR) is 108 cm³/mol. The van der Waals surface area contributed by atoms with Gasteiger partial charge >= 0.3 is 0 Å². The standard InChI is InChI=1S/C24H19NO2/c26-23-14-15-25(17-24(23)27-18-19-8-3-1-4-9-19)22-13-7-12-21(16-22)20-10-5-2-6-11-20/h1-17H,18H2. The Hall–Kier alpha value is -3.59. The van der Waals surface area contributed by atoms with Gasteiger partial charge in [0, 0.05) is 18.0 Å². The van der Waals surface area contributed by atoms with Gasteiger partial charge in [-0.1, -0.05) is 72.8 Å². The van der Waals surface area contributed by atoms with Crippen LogP contribution in [0.1, 0.15) is 5.56 Å². The Bertz CT molecular complexity index is 1090. The van der Waals surface area contributed by atoms with E-state index >= 15 is 0 Å². The lowest BCUT2D eigenvalue weighted by Crippen LogP contribution is -2.10. The molecular weight excluding hydrogens is 334 g/mol. The second-order valence-electron chi connectivity index (χ2n) is 6.27. The molecule has 0 bridgehead atoms. The molecule has 0 amide bonds. The minimum atomic E-state index is -0.124. The molecule has 0 aliphatic rings. The summed E-state index contributed by atoms with van der Waals surface area (Å²) in [5.74, 6) is 0.339. The molecule has 0 aliphatic heterocycles. The van der Waals surface area contributed by atoms with E-state index in [-0.39, 0.29) is 5.43 Å². The van der Waals surface area contributed by atoms with Crippen LogP contribution in [-0.2, 0) is 6.61 Å². The number of aromatic nitrogens is 1. The van der Waals surface area contributed by atoms with Crippen LogP contribution >= 0.6 is 0 Å². The fraction of sp³-hybridized carbons (Fsp3) is 0.0417. The van der Waals surface area contributed by atoms with Crippen molar-refractivity contribution in [1.82, 2.24) is 4.57 Å². The highest BCUT2D eigenvalue weighted by Gasteiger charge is 2.05. The molecule has 0 saturated carbocycles. The number of rotatable bonds is 5. The summed E-state index contributed by atoms with van der Waals surface area (Å²) in [5, 5.41) is 0. The third-order valence-electron chi connectivity index (χ3n) is 4.37. The normalized spacial score (nSPS) is 10.5. The van der Waals surface area contributed by atoms with Gasteiger partial charge in [0.15, 0.2) is 5.75 Å². The molecule has 0 N–H and O–H groups in total. The van der Waals surface area contributed by atoms with E-state index in [4.69, 9.17) is 4.74 Å². The molecule has 4 rings (SSSR count). The fourth-order valence-electron chi connectivity index (χ4n) is 2.94. The average Bonchev–Trinajstić information content (AvgIpc) is 2.75. The van der Waals surface area contributed by atoms with Crippen molar-refractivity contribution in [2.24, 2.45) is 0 Å². The molecule has 3 aromatic carbocycles. The van der Waals surface area contributed by atoms with Gasteiger partial charge in [0.25, 0.3) is 0 Å². The van der Waals surface area contributed by atoms with Crippen molar-refractivity contribution >= 4 is 0 Å². The maximum atomic E-state index is 12.2. The van der Waals surface area contributed by atoms with Gasteiger partial charge in [-0.2, -0.15) is 0 Å². The zero-order chi connectivity index (χ0) is 18.5. The van der Waals surface area contributed by atoms with E-state index in [9.17, 15) is 4.79 Å². The maximum absolute atomic E-state index is 12.2. The molecule has 1 aromatic heterocycles. The van der Waals surface area contributed by atoms with E-state index in [1.54, 1.807) is 12.4 Å². The second kappa shape index (κ2) is 7.75. The fourth-order valence-corrected chi connectivity index (χ4v) is 2.94. The van der Waals surface area contributed by atoms with E-state index in [1.165, 1.54) is 6.07 Å². The summed E-state index contributed by atoms with van der Waals surface area (Å²) < 4.78 is 7.68. The lowest BCUT2D eigenvalue weighted by Gasteiger charge is -2.11. The molecule has 0 spiro atoms. The van der Waals surface area contributed by atoms with Gasteiger partial charge in [-0.05, 0) is 28.8 Å². The van der Waals surface area contributed by atoms with Crippen LogP contribution in [0.3, 0.4) is 0 Å². The molecule has 3 nitrogen and oxygen atoms in total. The van der Waals surface area contributed by atoms with Gasteiger partial charge in [-0.25, -0.2) is 0 Å². The Labute approximate surface area is 158 Å². The highest BCUT2D eigenvalue weighted by atomic mass is 16.5. The first-order valence-electron chi connectivity index (χ1n) is 8.84. The molecule has 132 valence electrons. The molecular formula is C24H19NO2. The second-order valence-corrected chi connectivity index (χ2v) is 6.27. The van der Waals surface area contributed by atoms with Crippen LogP contribution in [0, 0.1) is 0 Å². The molecule has 3 heteroatoms. The highest BCUT2D eigenvalue weighted by molar-refractivity contribution is 5.65. The van der Waals surface area contributed by atoms with Gasteiger partial charge in [0.1, 0.15) is 6.61 Å².